The Kier molecular flexibility index (Phi) is 27.8. The van der Waals surface area contributed by atoms with Gasteiger partial charge in [0.25, 0.3) is 0 Å². The summed E-state index contributed by atoms with van der Waals surface area (Å²) in [7, 11) is 6.70. The third kappa shape index (κ3) is 19.9. The van der Waals surface area contributed by atoms with Gasteiger partial charge in [0.1, 0.15) is 17.5 Å². The molecule has 0 saturated carbocycles. The van der Waals surface area contributed by atoms with Gasteiger partial charge in [0.15, 0.2) is 0 Å². The van der Waals surface area contributed by atoms with Crippen molar-refractivity contribution >= 4 is 115 Å². The number of aldehydes is 1. The van der Waals surface area contributed by atoms with E-state index in [4.69, 9.17) is 55.9 Å². The van der Waals surface area contributed by atoms with Gasteiger partial charge in [-0.15, -0.1) is 0 Å². The van der Waals surface area contributed by atoms with Crippen LogP contribution in [0.4, 0.5) is 9.59 Å². The van der Waals surface area contributed by atoms with E-state index in [-0.39, 0.29) is 86.2 Å². The molecule has 23 heteroatoms. The molecular formula is C70H100Cl4N8O9S2. The Morgan fingerprint density at radius 1 is 0.548 bits per heavy atom. The first kappa shape index (κ1) is 80.2. The molecule has 4 aromatic rings. The van der Waals surface area contributed by atoms with Crippen LogP contribution in [-0.4, -0.2) is 152 Å². The van der Waals surface area contributed by atoms with Crippen LogP contribution in [0.5, 0.6) is 0 Å². The number of likely N-dealkylation sites (N-methyl/N-ethyl adjacent to an activating group) is 4. The van der Waals surface area contributed by atoms with Crippen LogP contribution in [0.15, 0.2) is 84.9 Å². The normalized spacial score (nSPS) is 17.1. The molecule has 4 aliphatic rings. The number of hydrogen-bond donors (Lipinski definition) is 3. The number of carbonyl (C=O) groups is 7. The molecule has 0 bridgehead atoms. The van der Waals surface area contributed by atoms with Gasteiger partial charge in [-0.3, -0.25) is 29.0 Å². The monoisotopic (exact) mass is 1400 g/mol. The van der Waals surface area contributed by atoms with Crippen molar-refractivity contribution < 1.29 is 43.0 Å². The van der Waals surface area contributed by atoms with E-state index in [1.54, 1.807) is 89.1 Å². The van der Waals surface area contributed by atoms with Crippen molar-refractivity contribution in [3.63, 3.8) is 0 Å². The molecule has 2 atom stereocenters. The molecule has 0 aliphatic carbocycles. The van der Waals surface area contributed by atoms with Crippen LogP contribution < -0.4 is 16.0 Å². The Morgan fingerprint density at radius 3 is 1.31 bits per heavy atom. The molecule has 8 rings (SSSR count). The fourth-order valence-corrected chi connectivity index (χ4v) is 13.4. The number of benzene rings is 4. The van der Waals surface area contributed by atoms with Gasteiger partial charge < -0.3 is 44.9 Å². The van der Waals surface area contributed by atoms with Gasteiger partial charge in [-0.05, 0) is 144 Å². The number of likely N-dealkylation sites (tertiary alicyclic amines) is 1. The summed E-state index contributed by atoms with van der Waals surface area (Å²) in [5.74, 6) is 0.0542. The Hall–Kier alpha value is -5.25. The van der Waals surface area contributed by atoms with E-state index in [0.717, 1.165) is 69.3 Å². The van der Waals surface area contributed by atoms with Crippen molar-refractivity contribution in [3.05, 3.63) is 138 Å². The quantitative estimate of drug-likeness (QED) is 0.108. The van der Waals surface area contributed by atoms with Gasteiger partial charge in [0.05, 0.1) is 55.1 Å². The standard InChI is InChI=1S/C35H48Cl2N4O4.C22H32Cl2N2O4.C13H16N2O.2H2S/c1-32(2,3)30(43)39(7)23-35(25-13-14-27(36)28(37)22-25,40(8)31(44)45-33(4,5)6)17-20-41-18-15-34(16-19-41)26-12-10-9-11-24(26)21-29(42)38-34;1-20(2,3)18(28)25(7)14-22(11-12-27,15-9-10-16(23)17(24)13-15)26(8)19(29)30-21(4,5)6;16-12-9-10-3-1-2-4-11(10)13(15-12)5-7-14-8-6-13;;/h9-14,22H,15-21,23H2,1-8H3,(H,38,42);9-10,12-13H,11,14H2,1-8H3;1-4,14H,5-9H2,(H,15,16);2*1H2/t35-;22-;;;/m11.../s1. The summed E-state index contributed by atoms with van der Waals surface area (Å²) in [6, 6.07) is 26.9. The first-order valence-corrected chi connectivity index (χ1v) is 32.7. The lowest BCUT2D eigenvalue weighted by atomic mass is 9.75. The average molecular weight is 1400 g/mol. The number of fused-ring (bicyclic) bond motifs is 4. The second-order valence-electron chi connectivity index (χ2n) is 28.9. The Bertz CT molecular complexity index is 3300. The van der Waals surface area contributed by atoms with Crippen molar-refractivity contribution in [2.45, 2.75) is 168 Å². The minimum Gasteiger partial charge on any atom is -0.444 e. The van der Waals surface area contributed by atoms with Crippen LogP contribution in [0.3, 0.4) is 0 Å². The fraction of sp³-hybridized carbons (Fsp3) is 0.557. The lowest BCUT2D eigenvalue weighted by molar-refractivity contribution is -0.140. The predicted molar refractivity (Wildman–Crippen MR) is 382 cm³/mol. The number of piperidine rings is 2. The first-order valence-electron chi connectivity index (χ1n) is 31.2. The maximum absolute atomic E-state index is 13.8. The summed E-state index contributed by atoms with van der Waals surface area (Å²) in [5, 5.41) is 11.3. The number of carbonyl (C=O) groups excluding carboxylic acids is 7. The van der Waals surface area contributed by atoms with Gasteiger partial charge >= 0.3 is 12.2 Å². The van der Waals surface area contributed by atoms with Crippen molar-refractivity contribution in [2.75, 3.05) is 74.0 Å². The fourth-order valence-electron chi connectivity index (χ4n) is 12.8. The Morgan fingerprint density at radius 2 is 0.925 bits per heavy atom. The largest absolute Gasteiger partial charge is 0.444 e. The highest BCUT2D eigenvalue weighted by Crippen LogP contribution is 2.43. The summed E-state index contributed by atoms with van der Waals surface area (Å²) >= 11 is 25.3. The number of rotatable bonds is 13. The highest BCUT2D eigenvalue weighted by Gasteiger charge is 2.48. The lowest BCUT2D eigenvalue weighted by Crippen LogP contribution is -2.58. The molecule has 0 aromatic heterocycles. The molecule has 17 nitrogen and oxygen atoms in total. The van der Waals surface area contributed by atoms with Crippen molar-refractivity contribution in [3.8, 4) is 0 Å². The second-order valence-corrected chi connectivity index (χ2v) is 30.5. The maximum Gasteiger partial charge on any atom is 0.410 e. The molecule has 4 aromatic carbocycles. The molecule has 2 saturated heterocycles. The van der Waals surface area contributed by atoms with Crippen LogP contribution >= 0.6 is 73.4 Å². The number of nitrogens with one attached hydrogen (secondary N) is 3. The molecule has 3 N–H and O–H groups in total. The van der Waals surface area contributed by atoms with Crippen molar-refractivity contribution in [2.24, 2.45) is 10.8 Å². The SMILES string of the molecule is CN(C[C@](CC=O)(c1ccc(Cl)c(Cl)c1)N(C)C(=O)OC(C)(C)C)C(=O)C(C)(C)C.CN(C[C@](CCN1CCC2(CC1)NC(=O)Cc1ccccc12)(c1ccc(Cl)c(Cl)c1)N(C)C(=O)OC(C)(C)C)C(=O)C(C)(C)C.O=C1Cc2ccccc2C2(CCNCC2)N1.S.S. The third-order valence-corrected chi connectivity index (χ3v) is 18.9. The minimum atomic E-state index is -1.20. The molecule has 0 radical (unpaired) electrons. The number of nitrogens with zero attached hydrogens (tertiary/aromatic N) is 5. The summed E-state index contributed by atoms with van der Waals surface area (Å²) in [6.45, 7) is 26.3. The minimum absolute atomic E-state index is 0. The summed E-state index contributed by atoms with van der Waals surface area (Å²) in [4.78, 5) is 97.9. The van der Waals surface area contributed by atoms with E-state index in [9.17, 15) is 33.6 Å². The van der Waals surface area contributed by atoms with Gasteiger partial charge in [0, 0.05) is 78.2 Å². The van der Waals surface area contributed by atoms with Crippen molar-refractivity contribution in [1.82, 2.24) is 40.4 Å². The third-order valence-electron chi connectivity index (χ3n) is 17.5. The molecule has 4 heterocycles. The number of hydrogen-bond acceptors (Lipinski definition) is 11. The molecule has 2 fully saturated rings. The van der Waals surface area contributed by atoms with Crippen LogP contribution in [0, 0.1) is 10.8 Å². The molecular weight excluding hydrogens is 1300 g/mol. The highest BCUT2D eigenvalue weighted by molar-refractivity contribution is 7.59. The Balaban J connectivity index is 0.000000328. The highest BCUT2D eigenvalue weighted by atomic mass is 35.5. The van der Waals surface area contributed by atoms with Gasteiger partial charge in [-0.2, -0.15) is 27.0 Å². The predicted octanol–water partition coefficient (Wildman–Crippen LogP) is 12.9. The van der Waals surface area contributed by atoms with E-state index in [0.29, 0.717) is 46.4 Å². The topological polar surface area (TPSA) is 190 Å². The smallest absolute Gasteiger partial charge is 0.410 e. The van der Waals surface area contributed by atoms with Crippen molar-refractivity contribution in [1.29, 1.82) is 0 Å². The van der Waals surface area contributed by atoms with E-state index >= 15 is 0 Å². The molecule has 2 spiro atoms. The van der Waals surface area contributed by atoms with E-state index in [2.05, 4.69) is 51.2 Å². The molecule has 93 heavy (non-hydrogen) atoms. The second kappa shape index (κ2) is 32.2. The number of ether oxygens (including phenoxy) is 2. The zero-order valence-corrected chi connectivity index (χ0v) is 62.2. The van der Waals surface area contributed by atoms with E-state index < -0.39 is 45.3 Å². The van der Waals surface area contributed by atoms with Crippen LogP contribution in [0.1, 0.15) is 155 Å². The summed E-state index contributed by atoms with van der Waals surface area (Å²) < 4.78 is 11.4. The van der Waals surface area contributed by atoms with Crippen LogP contribution in [0.25, 0.3) is 0 Å². The number of amides is 6. The summed E-state index contributed by atoms with van der Waals surface area (Å²) in [5.41, 5.74) is 0.797. The maximum atomic E-state index is 13.8. The molecule has 4 aliphatic heterocycles. The molecule has 0 unspecified atom stereocenters. The zero-order valence-electron chi connectivity index (χ0n) is 57.2. The zero-order chi connectivity index (χ0) is 67.9. The van der Waals surface area contributed by atoms with E-state index in [1.807, 2.05) is 86.6 Å². The average Bonchev–Trinajstić information content (AvgIpc) is 0.785. The Labute approximate surface area is 586 Å². The van der Waals surface area contributed by atoms with Crippen LogP contribution in [-0.2, 0) is 68.4 Å². The molecule has 6 amide bonds. The van der Waals surface area contributed by atoms with Gasteiger partial charge in [-0.25, -0.2) is 9.59 Å². The molecule has 514 valence electrons. The van der Waals surface area contributed by atoms with Crippen LogP contribution in [0.2, 0.25) is 20.1 Å². The lowest BCUT2D eigenvalue weighted by Gasteiger charge is -2.48. The van der Waals surface area contributed by atoms with E-state index in [1.165, 1.54) is 26.5 Å². The van der Waals surface area contributed by atoms with Gasteiger partial charge in [-0.1, -0.05) is 149 Å². The van der Waals surface area contributed by atoms with Gasteiger partial charge in [0.2, 0.25) is 23.6 Å². The number of halogens is 4. The summed E-state index contributed by atoms with van der Waals surface area (Å²) in [6.07, 6.45) is 4.53. The first-order chi connectivity index (χ1) is 42.2.